The molecule has 0 bridgehead atoms. The van der Waals surface area contributed by atoms with Crippen LogP contribution in [0.3, 0.4) is 0 Å². The number of pyridine rings is 1. The quantitative estimate of drug-likeness (QED) is 0.913. The monoisotopic (exact) mass is 256 g/mol. The van der Waals surface area contributed by atoms with Crippen molar-refractivity contribution in [3.63, 3.8) is 0 Å². The topological polar surface area (TPSA) is 42.7 Å². The van der Waals surface area contributed by atoms with Crippen molar-refractivity contribution in [1.29, 1.82) is 0 Å². The van der Waals surface area contributed by atoms with Crippen molar-refractivity contribution < 1.29 is 13.2 Å². The van der Waals surface area contributed by atoms with Crippen LogP contribution in [0.5, 0.6) is 0 Å². The molecule has 2 heterocycles. The number of hydrogen-bond donors (Lipinski definition) is 1. The van der Waals surface area contributed by atoms with Crippen molar-refractivity contribution in [3.05, 3.63) is 42.0 Å². The molecule has 0 aliphatic heterocycles. The zero-order valence-electron chi connectivity index (χ0n) is 9.57. The van der Waals surface area contributed by atoms with Gasteiger partial charge in [-0.1, -0.05) is 0 Å². The van der Waals surface area contributed by atoms with Gasteiger partial charge < -0.3 is 5.32 Å². The van der Waals surface area contributed by atoms with Crippen LogP contribution < -0.4 is 5.32 Å². The van der Waals surface area contributed by atoms with Gasteiger partial charge in [0, 0.05) is 30.7 Å². The van der Waals surface area contributed by atoms with Gasteiger partial charge in [-0.25, -0.2) is 4.68 Å². The van der Waals surface area contributed by atoms with Crippen LogP contribution in [-0.4, -0.2) is 21.8 Å². The maximum absolute atomic E-state index is 12.5. The van der Waals surface area contributed by atoms with Crippen molar-refractivity contribution in [1.82, 2.24) is 20.1 Å². The predicted octanol–water partition coefficient (Wildman–Crippen LogP) is 2.01. The van der Waals surface area contributed by atoms with Gasteiger partial charge in [0.15, 0.2) is 5.69 Å². The molecule has 2 aromatic rings. The highest BCUT2D eigenvalue weighted by atomic mass is 19.4. The maximum Gasteiger partial charge on any atom is 0.435 e. The lowest BCUT2D eigenvalue weighted by Crippen LogP contribution is -2.11. The third-order valence-corrected chi connectivity index (χ3v) is 2.37. The Hall–Kier alpha value is -1.89. The average molecular weight is 256 g/mol. The molecule has 1 N–H and O–H groups in total. The zero-order valence-corrected chi connectivity index (χ0v) is 9.57. The lowest BCUT2D eigenvalue weighted by Gasteiger charge is -2.08. The fraction of sp³-hybridized carbons (Fsp3) is 0.273. The van der Waals surface area contributed by atoms with E-state index in [0.29, 0.717) is 12.2 Å². The summed E-state index contributed by atoms with van der Waals surface area (Å²) in [6, 6.07) is 2.57. The molecule has 0 aliphatic rings. The minimum absolute atomic E-state index is 0.504. The highest BCUT2D eigenvalue weighted by Gasteiger charge is 2.33. The van der Waals surface area contributed by atoms with Crippen molar-refractivity contribution in [2.45, 2.75) is 12.7 Å². The smallest absolute Gasteiger partial charge is 0.316 e. The van der Waals surface area contributed by atoms with Crippen LogP contribution in [0, 0.1) is 0 Å². The molecule has 2 aromatic heterocycles. The van der Waals surface area contributed by atoms with E-state index in [0.717, 1.165) is 11.6 Å². The first-order valence-corrected chi connectivity index (χ1v) is 5.23. The van der Waals surface area contributed by atoms with E-state index in [1.54, 1.807) is 19.3 Å². The summed E-state index contributed by atoms with van der Waals surface area (Å²) in [5.41, 5.74) is 0.446. The highest BCUT2D eigenvalue weighted by molar-refractivity contribution is 5.38. The summed E-state index contributed by atoms with van der Waals surface area (Å²) < 4.78 is 38.6. The number of nitrogens with one attached hydrogen (secondary N) is 1. The molecular formula is C11H11F3N4. The molecule has 0 aliphatic carbocycles. The van der Waals surface area contributed by atoms with Gasteiger partial charge in [0.1, 0.15) is 0 Å². The second kappa shape index (κ2) is 4.77. The Balaban J connectivity index is 2.40. The molecular weight excluding hydrogens is 245 g/mol. The van der Waals surface area contributed by atoms with E-state index in [9.17, 15) is 13.2 Å². The van der Waals surface area contributed by atoms with Gasteiger partial charge in [0.05, 0.1) is 5.69 Å². The van der Waals surface area contributed by atoms with Crippen LogP contribution in [0.15, 0.2) is 30.7 Å². The third kappa shape index (κ3) is 2.51. The second-order valence-electron chi connectivity index (χ2n) is 3.68. The van der Waals surface area contributed by atoms with E-state index in [1.165, 1.54) is 17.1 Å². The molecule has 0 fully saturated rings. The molecule has 0 saturated carbocycles. The Bertz CT molecular complexity index is 533. The van der Waals surface area contributed by atoms with Crippen LogP contribution in [0.25, 0.3) is 5.69 Å². The van der Waals surface area contributed by atoms with Crippen LogP contribution in [0.2, 0.25) is 0 Å². The van der Waals surface area contributed by atoms with E-state index in [2.05, 4.69) is 15.4 Å². The molecule has 0 amide bonds. The van der Waals surface area contributed by atoms with Crippen LogP contribution in [0.4, 0.5) is 13.2 Å². The van der Waals surface area contributed by atoms with Gasteiger partial charge in [-0.3, -0.25) is 4.98 Å². The molecule has 7 heteroatoms. The van der Waals surface area contributed by atoms with Gasteiger partial charge in [0.2, 0.25) is 0 Å². The van der Waals surface area contributed by atoms with Crippen LogP contribution in [-0.2, 0) is 12.7 Å². The molecule has 0 radical (unpaired) electrons. The minimum atomic E-state index is -4.43. The molecule has 2 rings (SSSR count). The summed E-state index contributed by atoms with van der Waals surface area (Å²) in [5, 5.41) is 6.46. The second-order valence-corrected chi connectivity index (χ2v) is 3.68. The summed E-state index contributed by atoms with van der Waals surface area (Å²) in [6.07, 6.45) is -0.0248. The zero-order chi connectivity index (χ0) is 13.2. The Kier molecular flexibility index (Phi) is 3.33. The number of nitrogens with zero attached hydrogens (tertiary/aromatic N) is 3. The molecule has 0 aromatic carbocycles. The van der Waals surface area contributed by atoms with E-state index in [4.69, 9.17) is 0 Å². The first kappa shape index (κ1) is 12.6. The normalized spacial score (nSPS) is 11.8. The number of halogens is 3. The molecule has 4 nitrogen and oxygen atoms in total. The van der Waals surface area contributed by atoms with Crippen LogP contribution >= 0.6 is 0 Å². The largest absolute Gasteiger partial charge is 0.435 e. The fourth-order valence-corrected chi connectivity index (χ4v) is 1.58. The first-order valence-electron chi connectivity index (χ1n) is 5.23. The van der Waals surface area contributed by atoms with E-state index < -0.39 is 11.9 Å². The molecule has 0 atom stereocenters. The van der Waals surface area contributed by atoms with Gasteiger partial charge in [-0.15, -0.1) is 0 Å². The summed E-state index contributed by atoms with van der Waals surface area (Å²) >= 11 is 0. The minimum Gasteiger partial charge on any atom is -0.316 e. The Morgan fingerprint density at radius 3 is 2.72 bits per heavy atom. The van der Waals surface area contributed by atoms with E-state index in [-0.39, 0.29) is 0 Å². The molecule has 0 unspecified atom stereocenters. The molecule has 0 saturated heterocycles. The Morgan fingerprint density at radius 1 is 1.33 bits per heavy atom. The Morgan fingerprint density at radius 2 is 2.11 bits per heavy atom. The van der Waals surface area contributed by atoms with Crippen molar-refractivity contribution in [3.8, 4) is 5.69 Å². The summed E-state index contributed by atoms with van der Waals surface area (Å²) in [7, 11) is 1.75. The van der Waals surface area contributed by atoms with Gasteiger partial charge in [0.25, 0.3) is 0 Å². The number of alkyl halides is 3. The lowest BCUT2D eigenvalue weighted by molar-refractivity contribution is -0.141. The predicted molar refractivity (Wildman–Crippen MR) is 59.1 cm³/mol. The SMILES string of the molecule is CNCc1cnccc1-n1ccc(C(F)(F)F)n1. The highest BCUT2D eigenvalue weighted by Crippen LogP contribution is 2.28. The molecule has 18 heavy (non-hydrogen) atoms. The number of aromatic nitrogens is 3. The average Bonchev–Trinajstić information content (AvgIpc) is 2.79. The summed E-state index contributed by atoms with van der Waals surface area (Å²) in [4.78, 5) is 3.94. The Labute approximate surface area is 101 Å². The fourth-order valence-electron chi connectivity index (χ4n) is 1.58. The van der Waals surface area contributed by atoms with Gasteiger partial charge in [-0.2, -0.15) is 18.3 Å². The number of hydrogen-bond acceptors (Lipinski definition) is 3. The number of rotatable bonds is 3. The lowest BCUT2D eigenvalue weighted by atomic mass is 10.2. The van der Waals surface area contributed by atoms with Crippen molar-refractivity contribution in [2.75, 3.05) is 7.05 Å². The van der Waals surface area contributed by atoms with Crippen molar-refractivity contribution in [2.24, 2.45) is 0 Å². The summed E-state index contributed by atoms with van der Waals surface area (Å²) in [6.45, 7) is 0.504. The van der Waals surface area contributed by atoms with Crippen molar-refractivity contribution >= 4 is 0 Å². The first-order chi connectivity index (χ1) is 8.52. The molecule has 0 spiro atoms. The van der Waals surface area contributed by atoms with E-state index >= 15 is 0 Å². The standard InChI is InChI=1S/C11H11F3N4/c1-15-6-8-7-16-4-2-9(8)18-5-3-10(17-18)11(12,13)14/h2-5,7,15H,6H2,1H3. The third-order valence-electron chi connectivity index (χ3n) is 2.37. The van der Waals surface area contributed by atoms with Crippen LogP contribution in [0.1, 0.15) is 11.3 Å². The van der Waals surface area contributed by atoms with Gasteiger partial charge in [-0.05, 0) is 19.2 Å². The van der Waals surface area contributed by atoms with Gasteiger partial charge >= 0.3 is 6.18 Å². The molecule has 96 valence electrons. The maximum atomic E-state index is 12.5. The van der Waals surface area contributed by atoms with E-state index in [1.807, 2.05) is 0 Å². The summed E-state index contributed by atoms with van der Waals surface area (Å²) in [5.74, 6) is 0.